The molecule has 23 heavy (non-hydrogen) atoms. The smallest absolute Gasteiger partial charge is 0.00698 e. The van der Waals surface area contributed by atoms with Crippen LogP contribution in [0, 0.1) is 6.92 Å². The summed E-state index contributed by atoms with van der Waals surface area (Å²) in [7, 11) is 2.09. The molecule has 0 heterocycles. The summed E-state index contributed by atoms with van der Waals surface area (Å²) in [4.78, 5) is 0. The molecule has 1 rings (SSSR count). The van der Waals surface area contributed by atoms with Gasteiger partial charge in [-0.05, 0) is 38.3 Å². The van der Waals surface area contributed by atoms with Gasteiger partial charge in [0, 0.05) is 6.04 Å². The molecular formula is C22H38N. The van der Waals surface area contributed by atoms with Gasteiger partial charge in [0.1, 0.15) is 0 Å². The lowest BCUT2D eigenvalue weighted by Gasteiger charge is -2.21. The Morgan fingerprint density at radius 3 is 2.00 bits per heavy atom. The van der Waals surface area contributed by atoms with Gasteiger partial charge >= 0.3 is 0 Å². The zero-order valence-electron chi connectivity index (χ0n) is 15.5. The van der Waals surface area contributed by atoms with Crippen LogP contribution in [0.5, 0.6) is 0 Å². The van der Waals surface area contributed by atoms with Gasteiger partial charge in [0.15, 0.2) is 0 Å². The summed E-state index contributed by atoms with van der Waals surface area (Å²) in [6.45, 7) is 6.63. The minimum atomic E-state index is 0.396. The van der Waals surface area contributed by atoms with Gasteiger partial charge in [0.25, 0.3) is 0 Å². The average molecular weight is 317 g/mol. The molecule has 1 aromatic carbocycles. The fourth-order valence-electron chi connectivity index (χ4n) is 3.29. The quantitative estimate of drug-likeness (QED) is 0.386. The number of nitrogens with one attached hydrogen (secondary N) is 1. The van der Waals surface area contributed by atoms with Crippen molar-refractivity contribution in [2.24, 2.45) is 0 Å². The third-order valence-corrected chi connectivity index (χ3v) is 4.90. The lowest BCUT2D eigenvalue weighted by atomic mass is 9.91. The highest BCUT2D eigenvalue weighted by molar-refractivity contribution is 5.20. The Morgan fingerprint density at radius 1 is 0.870 bits per heavy atom. The molecule has 0 bridgehead atoms. The van der Waals surface area contributed by atoms with E-state index in [-0.39, 0.29) is 0 Å². The highest BCUT2D eigenvalue weighted by Gasteiger charge is 2.12. The Labute approximate surface area is 145 Å². The van der Waals surface area contributed by atoms with Crippen molar-refractivity contribution < 1.29 is 0 Å². The van der Waals surface area contributed by atoms with E-state index in [9.17, 15) is 0 Å². The maximum atomic E-state index is 4.35. The van der Waals surface area contributed by atoms with E-state index in [4.69, 9.17) is 0 Å². The third-order valence-electron chi connectivity index (χ3n) is 4.90. The number of hydrogen-bond acceptors (Lipinski definition) is 1. The monoisotopic (exact) mass is 316 g/mol. The van der Waals surface area contributed by atoms with Gasteiger partial charge in [-0.25, -0.2) is 0 Å². The predicted octanol–water partition coefficient (Wildman–Crippen LogP) is 6.50. The Hall–Kier alpha value is -0.820. The maximum absolute atomic E-state index is 4.35. The topological polar surface area (TPSA) is 12.0 Å². The summed E-state index contributed by atoms with van der Waals surface area (Å²) in [6, 6.07) is 11.3. The maximum Gasteiger partial charge on any atom is 0.00698 e. The van der Waals surface area contributed by atoms with Crippen LogP contribution in [0.3, 0.4) is 0 Å². The van der Waals surface area contributed by atoms with Crippen molar-refractivity contribution in [1.82, 2.24) is 5.32 Å². The second-order valence-corrected chi connectivity index (χ2v) is 6.95. The first-order chi connectivity index (χ1) is 11.3. The van der Waals surface area contributed by atoms with Gasteiger partial charge in [-0.2, -0.15) is 0 Å². The molecule has 2 atom stereocenters. The lowest BCUT2D eigenvalue weighted by Crippen LogP contribution is -2.26. The van der Waals surface area contributed by atoms with Gasteiger partial charge in [-0.3, -0.25) is 0 Å². The van der Waals surface area contributed by atoms with Gasteiger partial charge in [0.2, 0.25) is 0 Å². The minimum absolute atomic E-state index is 0.396. The van der Waals surface area contributed by atoms with Crippen LogP contribution in [0.4, 0.5) is 0 Å². The normalized spacial score (nSPS) is 13.9. The second-order valence-electron chi connectivity index (χ2n) is 6.95. The summed E-state index contributed by atoms with van der Waals surface area (Å²) < 4.78 is 0. The molecule has 1 N–H and O–H groups in total. The Bertz CT molecular complexity index is 359. The van der Waals surface area contributed by atoms with E-state index < -0.39 is 0 Å². The largest absolute Gasteiger partial charge is 0.317 e. The van der Waals surface area contributed by atoms with Gasteiger partial charge in [0.05, 0.1) is 0 Å². The zero-order valence-corrected chi connectivity index (χ0v) is 15.5. The summed E-state index contributed by atoms with van der Waals surface area (Å²) in [6.07, 6.45) is 15.1. The molecule has 0 spiro atoms. The molecule has 1 radical (unpaired) electrons. The molecule has 131 valence electrons. The molecule has 0 aromatic heterocycles. The molecule has 0 aliphatic rings. The Kier molecular flexibility index (Phi) is 12.0. The van der Waals surface area contributed by atoms with Crippen molar-refractivity contribution in [2.75, 3.05) is 7.05 Å². The molecule has 0 saturated carbocycles. The molecule has 0 aliphatic heterocycles. The first kappa shape index (κ1) is 20.2. The van der Waals surface area contributed by atoms with Crippen molar-refractivity contribution in [1.29, 1.82) is 0 Å². The Balaban J connectivity index is 2.07. The van der Waals surface area contributed by atoms with Crippen LogP contribution < -0.4 is 5.32 Å². The Morgan fingerprint density at radius 2 is 1.43 bits per heavy atom. The molecule has 1 nitrogen and oxygen atoms in total. The summed E-state index contributed by atoms with van der Waals surface area (Å²) in [5, 5.41) is 3.49. The first-order valence-electron chi connectivity index (χ1n) is 9.83. The molecular weight excluding hydrogens is 278 g/mol. The van der Waals surface area contributed by atoms with Crippen LogP contribution in [0.1, 0.15) is 89.0 Å². The summed E-state index contributed by atoms with van der Waals surface area (Å²) in [5.74, 6) is 0.396. The first-order valence-corrected chi connectivity index (χ1v) is 9.83. The van der Waals surface area contributed by atoms with E-state index in [0.717, 1.165) is 6.42 Å². The molecule has 1 heteroatoms. The molecule has 0 fully saturated rings. The van der Waals surface area contributed by atoms with Gasteiger partial charge < -0.3 is 5.32 Å². The van der Waals surface area contributed by atoms with Crippen LogP contribution in [0.2, 0.25) is 0 Å². The highest BCUT2D eigenvalue weighted by atomic mass is 14.9. The van der Waals surface area contributed by atoms with Crippen LogP contribution >= 0.6 is 0 Å². The van der Waals surface area contributed by atoms with E-state index in [2.05, 4.69) is 56.5 Å². The third kappa shape index (κ3) is 9.81. The number of hydrogen-bond donors (Lipinski definition) is 1. The summed E-state index contributed by atoms with van der Waals surface area (Å²) >= 11 is 0. The van der Waals surface area contributed by atoms with Crippen LogP contribution in [0.15, 0.2) is 30.3 Å². The van der Waals surface area contributed by atoms with Crippen molar-refractivity contribution in [3.63, 3.8) is 0 Å². The van der Waals surface area contributed by atoms with Crippen molar-refractivity contribution in [3.8, 4) is 0 Å². The van der Waals surface area contributed by atoms with E-state index in [1.807, 2.05) is 0 Å². The van der Waals surface area contributed by atoms with Crippen molar-refractivity contribution in [3.05, 3.63) is 42.8 Å². The molecule has 0 aliphatic carbocycles. The average Bonchev–Trinajstić information content (AvgIpc) is 2.59. The second kappa shape index (κ2) is 13.6. The SMILES string of the molecule is [CH2]C(CC(CCCCCCCCCCC)NC)c1ccccc1. The van der Waals surface area contributed by atoms with Gasteiger partial charge in [-0.1, -0.05) is 95.0 Å². The molecule has 0 saturated heterocycles. The van der Waals surface area contributed by atoms with Crippen LogP contribution in [-0.4, -0.2) is 13.1 Å². The van der Waals surface area contributed by atoms with E-state index in [0.29, 0.717) is 12.0 Å². The van der Waals surface area contributed by atoms with E-state index >= 15 is 0 Å². The number of benzene rings is 1. The fraction of sp³-hybridized carbons (Fsp3) is 0.682. The number of rotatable bonds is 14. The standard InChI is InChI=1S/C22H38N/c1-4-5-6-7-8-9-10-11-15-18-22(23-3)19-20(2)21-16-13-12-14-17-21/h12-14,16-17,20,22-23H,2,4-11,15,18-19H2,1,3H3. The van der Waals surface area contributed by atoms with E-state index in [1.165, 1.54) is 69.8 Å². The molecule has 0 amide bonds. The van der Waals surface area contributed by atoms with Crippen LogP contribution in [-0.2, 0) is 0 Å². The van der Waals surface area contributed by atoms with E-state index in [1.54, 1.807) is 0 Å². The molecule has 1 aromatic rings. The summed E-state index contributed by atoms with van der Waals surface area (Å²) in [5.41, 5.74) is 1.36. The number of unbranched alkanes of at least 4 members (excludes halogenated alkanes) is 8. The molecule has 2 unspecified atom stereocenters. The predicted molar refractivity (Wildman–Crippen MR) is 104 cm³/mol. The zero-order chi connectivity index (χ0) is 16.8. The van der Waals surface area contributed by atoms with Gasteiger partial charge in [-0.15, -0.1) is 0 Å². The van der Waals surface area contributed by atoms with Crippen molar-refractivity contribution >= 4 is 0 Å². The lowest BCUT2D eigenvalue weighted by molar-refractivity contribution is 0.442. The van der Waals surface area contributed by atoms with Crippen LogP contribution in [0.25, 0.3) is 0 Å². The fourth-order valence-corrected chi connectivity index (χ4v) is 3.29. The highest BCUT2D eigenvalue weighted by Crippen LogP contribution is 2.22. The minimum Gasteiger partial charge on any atom is -0.317 e. The van der Waals surface area contributed by atoms with Crippen molar-refractivity contribution in [2.45, 2.75) is 89.5 Å².